The van der Waals surface area contributed by atoms with Gasteiger partial charge in [-0.15, -0.1) is 0 Å². The summed E-state index contributed by atoms with van der Waals surface area (Å²) >= 11 is 0. The van der Waals surface area contributed by atoms with Gasteiger partial charge in [-0.1, -0.05) is 46.3 Å². The van der Waals surface area contributed by atoms with Crippen LogP contribution in [-0.4, -0.2) is 139 Å². The Morgan fingerprint density at radius 2 is 1.64 bits per heavy atom. The van der Waals surface area contributed by atoms with E-state index >= 15 is 0 Å². The first kappa shape index (κ1) is 43.3. The monoisotopic (exact) mass is 784 g/mol. The number of carbonyl (C=O) groups excluding carboxylic acids is 1. The van der Waals surface area contributed by atoms with E-state index in [-0.39, 0.29) is 41.1 Å². The molecule has 4 aliphatic carbocycles. The van der Waals surface area contributed by atoms with E-state index in [1.165, 1.54) is 12.5 Å². The van der Waals surface area contributed by atoms with Crippen LogP contribution in [-0.2, 0) is 28.5 Å². The Kier molecular flexibility index (Phi) is 13.2. The molecule has 21 atom stereocenters. The van der Waals surface area contributed by atoms with Crippen molar-refractivity contribution in [2.75, 3.05) is 6.61 Å². The van der Waals surface area contributed by atoms with Gasteiger partial charge in [-0.25, -0.2) is 0 Å². The third kappa shape index (κ3) is 8.06. The van der Waals surface area contributed by atoms with Crippen molar-refractivity contribution >= 4 is 5.97 Å². The molecule has 0 bridgehead atoms. The van der Waals surface area contributed by atoms with Crippen LogP contribution in [0.1, 0.15) is 99.8 Å². The van der Waals surface area contributed by atoms with Crippen molar-refractivity contribution in [1.29, 1.82) is 0 Å². The first-order valence-electron chi connectivity index (χ1n) is 20.7. The summed E-state index contributed by atoms with van der Waals surface area (Å²) in [6.07, 6.45) is -7.27. The first-order valence-corrected chi connectivity index (χ1v) is 20.7. The molecule has 0 spiro atoms. The van der Waals surface area contributed by atoms with Gasteiger partial charge in [0, 0.05) is 6.92 Å². The molecule has 8 N–H and O–H groups in total. The Bertz CT molecular complexity index is 1360. The van der Waals surface area contributed by atoms with Crippen molar-refractivity contribution in [2.24, 2.45) is 46.3 Å². The fraction of sp³-hybridized carbons (Fsp3) is 0.927. The number of hydrogen-bond donors (Lipinski definition) is 8. The molecule has 0 radical (unpaired) electrons. The molecule has 2 saturated heterocycles. The van der Waals surface area contributed by atoms with Crippen molar-refractivity contribution in [3.8, 4) is 0 Å². The molecule has 14 heteroatoms. The number of aliphatic hydroxyl groups is 8. The molecule has 0 amide bonds. The molecule has 6 rings (SSSR count). The fourth-order valence-corrected chi connectivity index (χ4v) is 12.0. The van der Waals surface area contributed by atoms with Gasteiger partial charge in [0.25, 0.3) is 0 Å². The molecule has 316 valence electrons. The van der Waals surface area contributed by atoms with E-state index in [4.69, 9.17) is 23.7 Å². The Balaban J connectivity index is 1.25. The summed E-state index contributed by atoms with van der Waals surface area (Å²) in [5.41, 5.74) is 0.385. The van der Waals surface area contributed by atoms with Crippen LogP contribution in [0, 0.1) is 46.3 Å². The van der Waals surface area contributed by atoms with Crippen LogP contribution >= 0.6 is 0 Å². The summed E-state index contributed by atoms with van der Waals surface area (Å²) in [6, 6.07) is 0. The van der Waals surface area contributed by atoms with Crippen LogP contribution in [0.5, 0.6) is 0 Å². The van der Waals surface area contributed by atoms with E-state index in [1.54, 1.807) is 6.92 Å². The maximum atomic E-state index is 12.3. The number of carbonyl (C=O) groups is 1. The van der Waals surface area contributed by atoms with Crippen molar-refractivity contribution in [2.45, 2.75) is 186 Å². The van der Waals surface area contributed by atoms with Crippen LogP contribution in [0.4, 0.5) is 0 Å². The molecule has 6 aliphatic rings. The molecule has 3 saturated carbocycles. The molecule has 0 aromatic carbocycles. The van der Waals surface area contributed by atoms with Gasteiger partial charge in [-0.2, -0.15) is 0 Å². The Morgan fingerprint density at radius 1 is 0.945 bits per heavy atom. The number of fused-ring (bicyclic) bond motifs is 5. The third-order valence-corrected chi connectivity index (χ3v) is 14.9. The Morgan fingerprint density at radius 3 is 2.29 bits per heavy atom. The third-order valence-electron chi connectivity index (χ3n) is 14.9. The molecule has 5 fully saturated rings. The van der Waals surface area contributed by atoms with Gasteiger partial charge in [0.1, 0.15) is 36.6 Å². The predicted molar refractivity (Wildman–Crippen MR) is 197 cm³/mol. The molecule has 0 aromatic rings. The van der Waals surface area contributed by atoms with Crippen molar-refractivity contribution in [1.82, 2.24) is 0 Å². The standard InChI is InChI=1S/C41H68O14/c1-18(2)8-11-26(44)19(3)30-28(54-39-36(50)37(52-21(5)43)32(46)20(4)51-39)15-25-24-10-9-22-14-23(53-38-35(49)34(48)33(47)29(17-42)55-38)12-13-40(22,6)31(24)27(45)16-41(25,30)7/h9,18-20,23-39,42,44-50H,8,10-17H2,1-7H3/t19-,20+,23+,24+,25+,26+,27-,28+,29-,30+,31-,32+,33-,34+,35-,36-,37-,38-,39+,40+,41+/m1/s1. The Hall–Kier alpha value is -1.27. The van der Waals surface area contributed by atoms with E-state index in [2.05, 4.69) is 40.7 Å². The highest BCUT2D eigenvalue weighted by atomic mass is 16.7. The lowest BCUT2D eigenvalue weighted by molar-refractivity contribution is -0.313. The highest BCUT2D eigenvalue weighted by Gasteiger charge is 2.66. The second kappa shape index (κ2) is 16.8. The molecule has 0 unspecified atom stereocenters. The van der Waals surface area contributed by atoms with Gasteiger partial charge in [0.05, 0.1) is 37.1 Å². The molecule has 14 nitrogen and oxygen atoms in total. The molecule has 55 heavy (non-hydrogen) atoms. The zero-order valence-corrected chi connectivity index (χ0v) is 33.5. The van der Waals surface area contributed by atoms with E-state index in [0.29, 0.717) is 50.9 Å². The van der Waals surface area contributed by atoms with Gasteiger partial charge in [-0.3, -0.25) is 4.79 Å². The molecular formula is C41H68O14. The summed E-state index contributed by atoms with van der Waals surface area (Å²) in [7, 11) is 0. The van der Waals surface area contributed by atoms with Crippen molar-refractivity contribution in [3.05, 3.63) is 11.6 Å². The van der Waals surface area contributed by atoms with Crippen LogP contribution in [0.15, 0.2) is 11.6 Å². The van der Waals surface area contributed by atoms with Crippen molar-refractivity contribution in [3.63, 3.8) is 0 Å². The Labute approximate surface area is 325 Å². The van der Waals surface area contributed by atoms with E-state index in [0.717, 1.165) is 6.42 Å². The number of allylic oxidation sites excluding steroid dienone is 1. The quantitative estimate of drug-likeness (QED) is 0.110. The van der Waals surface area contributed by atoms with Crippen molar-refractivity contribution < 1.29 is 69.3 Å². The summed E-state index contributed by atoms with van der Waals surface area (Å²) in [6.45, 7) is 13.1. The summed E-state index contributed by atoms with van der Waals surface area (Å²) in [5.74, 6) is -0.523. The second-order valence-electron chi connectivity index (χ2n) is 18.8. The average molecular weight is 785 g/mol. The average Bonchev–Trinajstić information content (AvgIpc) is 3.41. The summed E-state index contributed by atoms with van der Waals surface area (Å²) in [4.78, 5) is 11.9. The van der Waals surface area contributed by atoms with Crippen LogP contribution in [0.25, 0.3) is 0 Å². The molecule has 2 aliphatic heterocycles. The summed E-state index contributed by atoms with van der Waals surface area (Å²) < 4.78 is 30.0. The maximum Gasteiger partial charge on any atom is 0.303 e. The van der Waals surface area contributed by atoms with Gasteiger partial charge in [0.15, 0.2) is 18.7 Å². The topological polar surface area (TPSA) is 225 Å². The number of esters is 1. The minimum Gasteiger partial charge on any atom is -0.457 e. The smallest absolute Gasteiger partial charge is 0.303 e. The molecule has 2 heterocycles. The van der Waals surface area contributed by atoms with Gasteiger partial charge in [0.2, 0.25) is 0 Å². The minimum absolute atomic E-state index is 0.0700. The number of hydrogen-bond acceptors (Lipinski definition) is 14. The number of rotatable bonds is 11. The zero-order chi connectivity index (χ0) is 40.3. The molecular weight excluding hydrogens is 716 g/mol. The van der Waals surface area contributed by atoms with Crippen LogP contribution < -0.4 is 0 Å². The minimum atomic E-state index is -1.52. The van der Waals surface area contributed by atoms with Gasteiger partial charge < -0.3 is 64.5 Å². The lowest BCUT2D eigenvalue weighted by atomic mass is 9.46. The second-order valence-corrected chi connectivity index (χ2v) is 18.8. The number of ether oxygens (including phenoxy) is 5. The van der Waals surface area contributed by atoms with E-state index < -0.39 is 97.7 Å². The highest BCUT2D eigenvalue weighted by Crippen LogP contribution is 2.68. The maximum absolute atomic E-state index is 12.3. The fourth-order valence-electron chi connectivity index (χ4n) is 12.0. The first-order chi connectivity index (χ1) is 25.8. The van der Waals surface area contributed by atoms with Gasteiger partial charge >= 0.3 is 5.97 Å². The van der Waals surface area contributed by atoms with Crippen LogP contribution in [0.3, 0.4) is 0 Å². The van der Waals surface area contributed by atoms with Gasteiger partial charge in [-0.05, 0) is 105 Å². The normalized spacial score (nSPS) is 49.7. The predicted octanol–water partition coefficient (Wildman–Crippen LogP) is 1.55. The lowest BCUT2D eigenvalue weighted by Crippen LogP contribution is -2.60. The van der Waals surface area contributed by atoms with Crippen LogP contribution in [0.2, 0.25) is 0 Å². The number of aliphatic hydroxyl groups excluding tert-OH is 8. The zero-order valence-electron chi connectivity index (χ0n) is 33.5. The summed E-state index contributed by atoms with van der Waals surface area (Å²) in [5, 5.41) is 86.9. The van der Waals surface area contributed by atoms with E-state index in [9.17, 15) is 45.6 Å². The lowest BCUT2D eigenvalue weighted by Gasteiger charge is -2.60. The van der Waals surface area contributed by atoms with E-state index in [1.807, 2.05) is 0 Å². The highest BCUT2D eigenvalue weighted by molar-refractivity contribution is 5.66. The largest absolute Gasteiger partial charge is 0.457 e. The SMILES string of the molecule is CC(=O)O[C@@H]1[C@@H](O)[C@H](C)O[C@@H](O[C@H]2C[C@H]3[C@@H]4CC=C5C[C@@H](O[C@@H]6O[C@H](CO)[C@@H](O)[C@H](O)[C@H]6O)CC[C@]5(C)[C@H]4[C@H](O)C[C@]3(C)[C@H]2[C@H](C)[C@@H](O)CCC(C)C)[C@@H]1O. The molecule has 0 aromatic heterocycles.